The van der Waals surface area contributed by atoms with Crippen LogP contribution in [0, 0.1) is 0 Å². The lowest BCUT2D eigenvalue weighted by Gasteiger charge is -2.50. The third-order valence-corrected chi connectivity index (χ3v) is 4.32. The number of rotatable bonds is 2. The predicted molar refractivity (Wildman–Crippen MR) is 67.9 cm³/mol. The van der Waals surface area contributed by atoms with Crippen LogP contribution in [0.1, 0.15) is 39.5 Å². The van der Waals surface area contributed by atoms with Crippen LogP contribution in [0.2, 0.25) is 0 Å². The van der Waals surface area contributed by atoms with Crippen molar-refractivity contribution >= 4 is 0 Å². The molecule has 1 aliphatic heterocycles. The highest BCUT2D eigenvalue weighted by atomic mass is 16.5. The van der Waals surface area contributed by atoms with Crippen molar-refractivity contribution in [3.63, 3.8) is 0 Å². The van der Waals surface area contributed by atoms with E-state index in [0.717, 1.165) is 39.0 Å². The molecular weight excluding hydrogens is 216 g/mol. The van der Waals surface area contributed by atoms with Gasteiger partial charge in [0.2, 0.25) is 0 Å². The number of hydrogen-bond donors (Lipinski definition) is 2. The van der Waals surface area contributed by atoms with E-state index in [1.807, 2.05) is 0 Å². The smallest absolute Gasteiger partial charge is 0.0645 e. The van der Waals surface area contributed by atoms with Crippen LogP contribution in [0.3, 0.4) is 0 Å². The fourth-order valence-electron chi connectivity index (χ4n) is 3.32. The minimum Gasteiger partial charge on any atom is -0.394 e. The molecule has 100 valence electrons. The predicted octanol–water partition coefficient (Wildman–Crippen LogP) is 0.730. The molecule has 0 spiro atoms. The van der Waals surface area contributed by atoms with Crippen molar-refractivity contribution in [1.29, 1.82) is 0 Å². The Morgan fingerprint density at radius 1 is 1.47 bits per heavy atom. The van der Waals surface area contributed by atoms with Crippen LogP contribution >= 0.6 is 0 Å². The molecule has 4 heteroatoms. The molecule has 2 aliphatic rings. The van der Waals surface area contributed by atoms with E-state index in [1.165, 1.54) is 6.42 Å². The lowest BCUT2D eigenvalue weighted by Crippen LogP contribution is -2.61. The summed E-state index contributed by atoms with van der Waals surface area (Å²) < 4.78 is 5.56. The average Bonchev–Trinajstić information content (AvgIpc) is 2.28. The van der Waals surface area contributed by atoms with Crippen molar-refractivity contribution in [3.8, 4) is 0 Å². The van der Waals surface area contributed by atoms with Crippen LogP contribution < -0.4 is 5.73 Å². The molecule has 2 rings (SSSR count). The molecule has 17 heavy (non-hydrogen) atoms. The highest BCUT2D eigenvalue weighted by molar-refractivity contribution is 4.98. The molecule has 0 radical (unpaired) electrons. The molecule has 1 saturated heterocycles. The molecule has 1 aliphatic carbocycles. The maximum Gasteiger partial charge on any atom is 0.0645 e. The van der Waals surface area contributed by atoms with Crippen LogP contribution in [0.5, 0.6) is 0 Å². The number of nitrogens with two attached hydrogens (primary N) is 1. The van der Waals surface area contributed by atoms with Gasteiger partial charge in [-0.2, -0.15) is 0 Å². The Morgan fingerprint density at radius 3 is 2.88 bits per heavy atom. The van der Waals surface area contributed by atoms with E-state index in [1.54, 1.807) is 0 Å². The first-order chi connectivity index (χ1) is 7.97. The fourth-order valence-corrected chi connectivity index (χ4v) is 3.32. The van der Waals surface area contributed by atoms with Crippen molar-refractivity contribution in [3.05, 3.63) is 0 Å². The quantitative estimate of drug-likeness (QED) is 0.749. The number of aliphatic hydroxyl groups excluding tert-OH is 1. The number of aliphatic hydroxyl groups is 1. The molecule has 0 aromatic carbocycles. The third-order valence-electron chi connectivity index (χ3n) is 4.32. The van der Waals surface area contributed by atoms with Gasteiger partial charge in [0, 0.05) is 23.7 Å². The van der Waals surface area contributed by atoms with E-state index < -0.39 is 0 Å². The normalized spacial score (nSPS) is 39.2. The monoisotopic (exact) mass is 242 g/mol. The first-order valence-electron chi connectivity index (χ1n) is 6.71. The lowest BCUT2D eigenvalue weighted by atomic mass is 9.78. The van der Waals surface area contributed by atoms with Crippen LogP contribution in [-0.2, 0) is 4.74 Å². The van der Waals surface area contributed by atoms with E-state index in [0.29, 0.717) is 6.04 Å². The highest BCUT2D eigenvalue weighted by Gasteiger charge is 2.41. The maximum absolute atomic E-state index is 9.43. The summed E-state index contributed by atoms with van der Waals surface area (Å²) in [6.45, 7) is 7.17. The van der Waals surface area contributed by atoms with Crippen molar-refractivity contribution in [2.24, 2.45) is 5.73 Å². The highest BCUT2D eigenvalue weighted by Crippen LogP contribution is 2.33. The first kappa shape index (κ1) is 13.3. The van der Waals surface area contributed by atoms with E-state index in [2.05, 4.69) is 18.7 Å². The SMILES string of the molecule is CC1(C)COCCN1C1CCCC(N)(CO)C1. The zero-order valence-electron chi connectivity index (χ0n) is 11.1. The minimum atomic E-state index is -0.364. The second-order valence-corrected chi connectivity index (χ2v) is 6.33. The van der Waals surface area contributed by atoms with Crippen molar-refractivity contribution in [2.45, 2.75) is 56.7 Å². The Labute approximate surface area is 104 Å². The van der Waals surface area contributed by atoms with Crippen molar-refractivity contribution < 1.29 is 9.84 Å². The van der Waals surface area contributed by atoms with E-state index in [9.17, 15) is 5.11 Å². The van der Waals surface area contributed by atoms with Crippen LogP contribution in [-0.4, -0.2) is 53.5 Å². The fraction of sp³-hybridized carbons (Fsp3) is 1.00. The summed E-state index contributed by atoms with van der Waals surface area (Å²) in [6, 6.07) is 0.500. The molecule has 0 aromatic heterocycles. The topological polar surface area (TPSA) is 58.7 Å². The number of nitrogens with zero attached hydrogens (tertiary/aromatic N) is 1. The Balaban J connectivity index is 2.05. The standard InChI is InChI=1S/C13H26N2O2/c1-12(2)10-17-7-6-15(12)11-4-3-5-13(14,8-11)9-16/h11,16H,3-10,14H2,1-2H3. The van der Waals surface area contributed by atoms with Gasteiger partial charge in [-0.1, -0.05) is 0 Å². The molecule has 3 N–H and O–H groups in total. The van der Waals surface area contributed by atoms with Crippen LogP contribution in [0.4, 0.5) is 0 Å². The van der Waals surface area contributed by atoms with Crippen molar-refractivity contribution in [1.82, 2.24) is 4.90 Å². The Morgan fingerprint density at radius 2 is 2.24 bits per heavy atom. The zero-order valence-corrected chi connectivity index (χ0v) is 11.1. The lowest BCUT2D eigenvalue weighted by molar-refractivity contribution is -0.0850. The molecule has 2 fully saturated rings. The number of hydrogen-bond acceptors (Lipinski definition) is 4. The van der Waals surface area contributed by atoms with Gasteiger partial charge in [-0.3, -0.25) is 4.90 Å². The molecule has 1 heterocycles. The molecule has 4 nitrogen and oxygen atoms in total. The van der Waals surface area contributed by atoms with Gasteiger partial charge in [0.1, 0.15) is 0 Å². The summed E-state index contributed by atoms with van der Waals surface area (Å²) in [4.78, 5) is 2.53. The van der Waals surface area contributed by atoms with E-state index in [-0.39, 0.29) is 17.7 Å². The van der Waals surface area contributed by atoms with E-state index >= 15 is 0 Å². The van der Waals surface area contributed by atoms with Crippen LogP contribution in [0.25, 0.3) is 0 Å². The summed E-state index contributed by atoms with van der Waals surface area (Å²) in [7, 11) is 0. The van der Waals surface area contributed by atoms with Crippen molar-refractivity contribution in [2.75, 3.05) is 26.4 Å². The molecular formula is C13H26N2O2. The van der Waals surface area contributed by atoms with E-state index in [4.69, 9.17) is 10.5 Å². The Hall–Kier alpha value is -0.160. The molecule has 0 amide bonds. The van der Waals surface area contributed by atoms with Gasteiger partial charge in [-0.25, -0.2) is 0 Å². The second kappa shape index (κ2) is 4.84. The molecule has 2 unspecified atom stereocenters. The van der Waals surface area contributed by atoms with Gasteiger partial charge < -0.3 is 15.6 Å². The number of ether oxygens (including phenoxy) is 1. The van der Waals surface area contributed by atoms with Gasteiger partial charge in [0.15, 0.2) is 0 Å². The summed E-state index contributed by atoms with van der Waals surface area (Å²) in [6.07, 6.45) is 4.18. The molecule has 2 atom stereocenters. The van der Waals surface area contributed by atoms with Gasteiger partial charge in [-0.05, 0) is 39.5 Å². The summed E-state index contributed by atoms with van der Waals surface area (Å²) >= 11 is 0. The second-order valence-electron chi connectivity index (χ2n) is 6.33. The van der Waals surface area contributed by atoms with Gasteiger partial charge in [0.05, 0.1) is 19.8 Å². The van der Waals surface area contributed by atoms with Gasteiger partial charge in [-0.15, -0.1) is 0 Å². The summed E-state index contributed by atoms with van der Waals surface area (Å²) in [5.41, 5.74) is 5.97. The molecule has 0 aromatic rings. The minimum absolute atomic E-state index is 0.0939. The van der Waals surface area contributed by atoms with Gasteiger partial charge in [0.25, 0.3) is 0 Å². The van der Waals surface area contributed by atoms with Gasteiger partial charge >= 0.3 is 0 Å². The molecule has 0 bridgehead atoms. The maximum atomic E-state index is 9.43. The Bertz CT molecular complexity index is 270. The first-order valence-corrected chi connectivity index (χ1v) is 6.71. The van der Waals surface area contributed by atoms with Crippen LogP contribution in [0.15, 0.2) is 0 Å². The largest absolute Gasteiger partial charge is 0.394 e. The molecule has 1 saturated carbocycles. The third kappa shape index (κ3) is 2.81. The number of morpholine rings is 1. The zero-order chi connectivity index (χ0) is 12.5. The summed E-state index contributed by atoms with van der Waals surface area (Å²) in [5, 5.41) is 9.43. The average molecular weight is 242 g/mol. The Kier molecular flexibility index (Phi) is 3.78. The summed E-state index contributed by atoms with van der Waals surface area (Å²) in [5.74, 6) is 0.